The number of hydrogen-bond donors (Lipinski definition) is 1. The summed E-state index contributed by atoms with van der Waals surface area (Å²) in [7, 11) is 2.01. The maximum Gasteiger partial charge on any atom is 0.237 e. The van der Waals surface area contributed by atoms with Crippen LogP contribution in [0.4, 0.5) is 0 Å². The lowest BCUT2D eigenvalue weighted by molar-refractivity contribution is -0.125. The smallest absolute Gasteiger partial charge is 0.237 e. The highest BCUT2D eigenvalue weighted by molar-refractivity contribution is 5.81. The van der Waals surface area contributed by atoms with E-state index in [4.69, 9.17) is 0 Å². The minimum atomic E-state index is -0.0899. The molecule has 1 aliphatic rings. The standard InChI is InChI=1S/C18H28N2O/c1-13(17(21)19-16-10-11-16)20(5)12-14-6-8-15(9-7-14)18(2,3)4/h6-9,13,16H,10-12H2,1-5H3,(H,19,21)/t13-/m0/s1. The second-order valence-electron chi connectivity index (χ2n) is 7.32. The van der Waals surface area contributed by atoms with Crippen molar-refractivity contribution in [2.75, 3.05) is 7.05 Å². The predicted octanol–water partition coefficient (Wildman–Crippen LogP) is 3.08. The normalized spacial score (nSPS) is 16.9. The molecule has 1 saturated carbocycles. The molecule has 116 valence electrons. The molecule has 0 spiro atoms. The van der Waals surface area contributed by atoms with Crippen LogP contribution in [0.2, 0.25) is 0 Å². The van der Waals surface area contributed by atoms with Gasteiger partial charge in [-0.1, -0.05) is 45.0 Å². The molecular weight excluding hydrogens is 260 g/mol. The van der Waals surface area contributed by atoms with Gasteiger partial charge in [-0.25, -0.2) is 0 Å². The van der Waals surface area contributed by atoms with Crippen molar-refractivity contribution in [3.8, 4) is 0 Å². The highest BCUT2D eigenvalue weighted by Crippen LogP contribution is 2.23. The molecule has 1 amide bonds. The maximum absolute atomic E-state index is 12.1. The molecule has 0 aromatic heterocycles. The molecule has 1 atom stereocenters. The molecule has 0 radical (unpaired) electrons. The molecule has 0 heterocycles. The molecular formula is C18H28N2O. The number of nitrogens with one attached hydrogen (secondary N) is 1. The molecule has 3 nitrogen and oxygen atoms in total. The van der Waals surface area contributed by atoms with E-state index >= 15 is 0 Å². The van der Waals surface area contributed by atoms with Crippen molar-refractivity contribution in [3.63, 3.8) is 0 Å². The van der Waals surface area contributed by atoms with Crippen LogP contribution in [0, 0.1) is 0 Å². The second-order valence-corrected chi connectivity index (χ2v) is 7.32. The maximum atomic E-state index is 12.1. The van der Waals surface area contributed by atoms with Gasteiger partial charge in [-0.05, 0) is 43.4 Å². The van der Waals surface area contributed by atoms with Crippen molar-refractivity contribution in [2.24, 2.45) is 0 Å². The molecule has 1 aromatic rings. The van der Waals surface area contributed by atoms with E-state index in [9.17, 15) is 4.79 Å². The molecule has 1 N–H and O–H groups in total. The van der Waals surface area contributed by atoms with Crippen LogP contribution in [0.1, 0.15) is 51.7 Å². The zero-order chi connectivity index (χ0) is 15.6. The van der Waals surface area contributed by atoms with E-state index in [0.29, 0.717) is 6.04 Å². The number of benzene rings is 1. The zero-order valence-corrected chi connectivity index (χ0v) is 13.9. The summed E-state index contributed by atoms with van der Waals surface area (Å²) in [5, 5.41) is 3.07. The van der Waals surface area contributed by atoms with E-state index in [1.807, 2.05) is 14.0 Å². The summed E-state index contributed by atoms with van der Waals surface area (Å²) in [6.07, 6.45) is 2.27. The van der Waals surface area contributed by atoms with Crippen molar-refractivity contribution >= 4 is 5.91 Å². The number of likely N-dealkylation sites (N-methyl/N-ethyl adjacent to an activating group) is 1. The van der Waals surface area contributed by atoms with Gasteiger partial charge in [0.05, 0.1) is 6.04 Å². The summed E-state index contributed by atoms with van der Waals surface area (Å²) < 4.78 is 0. The van der Waals surface area contributed by atoms with Crippen LogP contribution >= 0.6 is 0 Å². The number of carbonyl (C=O) groups excluding carboxylic acids is 1. The Bertz CT molecular complexity index is 483. The fourth-order valence-corrected chi connectivity index (χ4v) is 2.28. The van der Waals surface area contributed by atoms with E-state index in [-0.39, 0.29) is 17.4 Å². The van der Waals surface area contributed by atoms with Gasteiger partial charge in [-0.15, -0.1) is 0 Å². The zero-order valence-electron chi connectivity index (χ0n) is 13.9. The summed E-state index contributed by atoms with van der Waals surface area (Å²) in [6, 6.07) is 9.06. The summed E-state index contributed by atoms with van der Waals surface area (Å²) >= 11 is 0. The molecule has 3 heteroatoms. The van der Waals surface area contributed by atoms with Gasteiger partial charge in [0.2, 0.25) is 5.91 Å². The Morgan fingerprint density at radius 1 is 1.29 bits per heavy atom. The monoisotopic (exact) mass is 288 g/mol. The predicted molar refractivity (Wildman–Crippen MR) is 87.2 cm³/mol. The summed E-state index contributed by atoms with van der Waals surface area (Å²) in [6.45, 7) is 9.43. The van der Waals surface area contributed by atoms with Crippen LogP contribution in [0.3, 0.4) is 0 Å². The molecule has 1 aromatic carbocycles. The third-order valence-corrected chi connectivity index (χ3v) is 4.22. The van der Waals surface area contributed by atoms with Gasteiger partial charge in [-0.2, -0.15) is 0 Å². The van der Waals surface area contributed by atoms with Crippen molar-refractivity contribution in [1.29, 1.82) is 0 Å². The first kappa shape index (κ1) is 16.0. The lowest BCUT2D eigenvalue weighted by atomic mass is 9.87. The highest BCUT2D eigenvalue weighted by atomic mass is 16.2. The lowest BCUT2D eigenvalue weighted by Crippen LogP contribution is -2.43. The fourth-order valence-electron chi connectivity index (χ4n) is 2.28. The SMILES string of the molecule is C[C@@H](C(=O)NC1CC1)N(C)Cc1ccc(C(C)(C)C)cc1. The average Bonchev–Trinajstić information content (AvgIpc) is 3.21. The third kappa shape index (κ3) is 4.57. The van der Waals surface area contributed by atoms with Gasteiger partial charge >= 0.3 is 0 Å². The van der Waals surface area contributed by atoms with Crippen molar-refractivity contribution < 1.29 is 4.79 Å². The van der Waals surface area contributed by atoms with Crippen LogP contribution in [0.25, 0.3) is 0 Å². The van der Waals surface area contributed by atoms with Crippen LogP contribution < -0.4 is 5.32 Å². The number of nitrogens with zero attached hydrogens (tertiary/aromatic N) is 1. The Balaban J connectivity index is 1.92. The van der Waals surface area contributed by atoms with Crippen LogP contribution in [0.5, 0.6) is 0 Å². The van der Waals surface area contributed by atoms with Gasteiger partial charge in [0.1, 0.15) is 0 Å². The van der Waals surface area contributed by atoms with Crippen LogP contribution in [0.15, 0.2) is 24.3 Å². The Morgan fingerprint density at radius 2 is 1.86 bits per heavy atom. The van der Waals surface area contributed by atoms with Gasteiger partial charge in [-0.3, -0.25) is 9.69 Å². The van der Waals surface area contributed by atoms with Crippen LogP contribution in [-0.4, -0.2) is 29.9 Å². The number of rotatable bonds is 5. The van der Waals surface area contributed by atoms with Gasteiger partial charge < -0.3 is 5.32 Å². The molecule has 1 fully saturated rings. The second kappa shape index (κ2) is 6.18. The minimum absolute atomic E-state index is 0.0899. The van der Waals surface area contributed by atoms with E-state index in [2.05, 4.69) is 55.3 Å². The minimum Gasteiger partial charge on any atom is -0.352 e. The molecule has 21 heavy (non-hydrogen) atoms. The first-order valence-corrected chi connectivity index (χ1v) is 7.87. The van der Waals surface area contributed by atoms with Gasteiger partial charge in [0, 0.05) is 12.6 Å². The fraction of sp³-hybridized carbons (Fsp3) is 0.611. The molecule has 2 rings (SSSR count). The Morgan fingerprint density at radius 3 is 2.33 bits per heavy atom. The number of carbonyl (C=O) groups is 1. The summed E-state index contributed by atoms with van der Waals surface area (Å²) in [5.41, 5.74) is 2.77. The van der Waals surface area contributed by atoms with Crippen LogP contribution in [-0.2, 0) is 16.8 Å². The van der Waals surface area contributed by atoms with Gasteiger partial charge in [0.15, 0.2) is 0 Å². The molecule has 0 saturated heterocycles. The summed E-state index contributed by atoms with van der Waals surface area (Å²) in [4.78, 5) is 14.2. The van der Waals surface area contributed by atoms with E-state index in [1.54, 1.807) is 0 Å². The number of hydrogen-bond acceptors (Lipinski definition) is 2. The molecule has 1 aliphatic carbocycles. The first-order valence-electron chi connectivity index (χ1n) is 7.87. The quantitative estimate of drug-likeness (QED) is 0.903. The van der Waals surface area contributed by atoms with E-state index in [0.717, 1.165) is 19.4 Å². The van der Waals surface area contributed by atoms with Crippen molar-refractivity contribution in [3.05, 3.63) is 35.4 Å². The van der Waals surface area contributed by atoms with E-state index in [1.165, 1.54) is 11.1 Å². The van der Waals surface area contributed by atoms with Crippen molar-refractivity contribution in [1.82, 2.24) is 10.2 Å². The Hall–Kier alpha value is -1.35. The third-order valence-electron chi connectivity index (χ3n) is 4.22. The Kier molecular flexibility index (Phi) is 4.72. The van der Waals surface area contributed by atoms with Gasteiger partial charge in [0.25, 0.3) is 0 Å². The topological polar surface area (TPSA) is 32.3 Å². The van der Waals surface area contributed by atoms with E-state index < -0.39 is 0 Å². The molecule has 0 bridgehead atoms. The lowest BCUT2D eigenvalue weighted by Gasteiger charge is -2.24. The largest absolute Gasteiger partial charge is 0.352 e. The Labute approximate surface area is 128 Å². The molecule has 0 unspecified atom stereocenters. The average molecular weight is 288 g/mol. The highest BCUT2D eigenvalue weighted by Gasteiger charge is 2.27. The molecule has 0 aliphatic heterocycles. The first-order chi connectivity index (χ1) is 9.77. The number of amides is 1. The summed E-state index contributed by atoms with van der Waals surface area (Å²) in [5.74, 6) is 0.145. The van der Waals surface area contributed by atoms with Crippen molar-refractivity contribution in [2.45, 2.75) is 64.6 Å².